The van der Waals surface area contributed by atoms with Gasteiger partial charge in [0.1, 0.15) is 5.60 Å². The SMILES string of the molecule is COC(=O)[C@H](CCSC)N(OCC1CCCN1C(=O)OC(C)(C)C)C(=O)CCc1ccccc1. The van der Waals surface area contributed by atoms with Gasteiger partial charge in [-0.25, -0.2) is 14.7 Å². The van der Waals surface area contributed by atoms with Crippen molar-refractivity contribution in [2.45, 2.75) is 70.6 Å². The maximum Gasteiger partial charge on any atom is 0.410 e. The zero-order chi connectivity index (χ0) is 25.1. The van der Waals surface area contributed by atoms with Crippen LogP contribution < -0.4 is 0 Å². The van der Waals surface area contributed by atoms with Gasteiger partial charge in [0.2, 0.25) is 5.91 Å². The molecule has 2 rings (SSSR count). The van der Waals surface area contributed by atoms with E-state index >= 15 is 0 Å². The van der Waals surface area contributed by atoms with Crippen molar-refractivity contribution in [3.63, 3.8) is 0 Å². The Morgan fingerprint density at radius 1 is 1.21 bits per heavy atom. The number of hydroxylamine groups is 2. The highest BCUT2D eigenvalue weighted by atomic mass is 32.2. The molecule has 1 aliphatic heterocycles. The van der Waals surface area contributed by atoms with Crippen molar-refractivity contribution in [2.24, 2.45) is 0 Å². The molecule has 0 saturated carbocycles. The van der Waals surface area contributed by atoms with E-state index in [-0.39, 0.29) is 25.0 Å². The van der Waals surface area contributed by atoms with Gasteiger partial charge in [-0.1, -0.05) is 30.3 Å². The second-order valence-electron chi connectivity index (χ2n) is 9.29. The molecule has 1 fully saturated rings. The van der Waals surface area contributed by atoms with E-state index in [1.54, 1.807) is 16.7 Å². The first-order valence-electron chi connectivity index (χ1n) is 11.7. The van der Waals surface area contributed by atoms with Crippen molar-refractivity contribution in [3.05, 3.63) is 35.9 Å². The normalized spacial score (nSPS) is 16.7. The number of aryl methyl sites for hydroxylation is 1. The molecule has 0 N–H and O–H groups in total. The number of rotatable bonds is 11. The average Bonchev–Trinajstić information content (AvgIpc) is 3.27. The predicted octanol–water partition coefficient (Wildman–Crippen LogP) is 4.07. The van der Waals surface area contributed by atoms with Gasteiger partial charge in [0, 0.05) is 13.0 Å². The largest absolute Gasteiger partial charge is 0.467 e. The monoisotopic (exact) mass is 494 g/mol. The Hall–Kier alpha value is -2.26. The number of carbonyl (C=O) groups excluding carboxylic acids is 3. The molecule has 1 saturated heterocycles. The summed E-state index contributed by atoms with van der Waals surface area (Å²) in [7, 11) is 1.31. The van der Waals surface area contributed by atoms with Crippen LogP contribution in [0.3, 0.4) is 0 Å². The summed E-state index contributed by atoms with van der Waals surface area (Å²) in [4.78, 5) is 46.1. The van der Waals surface area contributed by atoms with Crippen LogP contribution in [0, 0.1) is 0 Å². The number of amides is 2. The highest BCUT2D eigenvalue weighted by Gasteiger charge is 2.36. The highest BCUT2D eigenvalue weighted by Crippen LogP contribution is 2.23. The molecule has 0 spiro atoms. The third-order valence-electron chi connectivity index (χ3n) is 5.48. The van der Waals surface area contributed by atoms with Crippen molar-refractivity contribution in [3.8, 4) is 0 Å². The summed E-state index contributed by atoms with van der Waals surface area (Å²) in [5.41, 5.74) is 0.430. The number of carbonyl (C=O) groups is 3. The molecule has 0 aliphatic carbocycles. The molecule has 190 valence electrons. The van der Waals surface area contributed by atoms with E-state index < -0.39 is 23.7 Å². The van der Waals surface area contributed by atoms with Gasteiger partial charge < -0.3 is 14.4 Å². The lowest BCUT2D eigenvalue weighted by Crippen LogP contribution is -2.49. The number of hydrogen-bond acceptors (Lipinski definition) is 7. The number of ether oxygens (including phenoxy) is 2. The van der Waals surface area contributed by atoms with E-state index in [2.05, 4.69) is 0 Å². The Balaban J connectivity index is 2.13. The molecule has 1 heterocycles. The van der Waals surface area contributed by atoms with Crippen LogP contribution in [0.1, 0.15) is 52.0 Å². The van der Waals surface area contributed by atoms with Gasteiger partial charge in [0.25, 0.3) is 0 Å². The van der Waals surface area contributed by atoms with Crippen LogP contribution in [-0.2, 0) is 30.3 Å². The fourth-order valence-electron chi connectivity index (χ4n) is 3.77. The Bertz CT molecular complexity index is 798. The number of thioether (sulfide) groups is 1. The van der Waals surface area contributed by atoms with Gasteiger partial charge in [-0.15, -0.1) is 0 Å². The van der Waals surface area contributed by atoms with E-state index in [4.69, 9.17) is 14.3 Å². The third kappa shape index (κ3) is 8.83. The minimum absolute atomic E-state index is 0.100. The minimum Gasteiger partial charge on any atom is -0.467 e. The third-order valence-corrected chi connectivity index (χ3v) is 6.12. The van der Waals surface area contributed by atoms with Gasteiger partial charge >= 0.3 is 12.1 Å². The maximum atomic E-state index is 13.2. The van der Waals surface area contributed by atoms with Gasteiger partial charge in [-0.3, -0.25) is 9.63 Å². The number of methoxy groups -OCH3 is 1. The molecule has 2 atom stereocenters. The second-order valence-corrected chi connectivity index (χ2v) is 10.3. The fraction of sp³-hybridized carbons (Fsp3) is 0.640. The summed E-state index contributed by atoms with van der Waals surface area (Å²) < 4.78 is 10.5. The number of esters is 1. The molecule has 34 heavy (non-hydrogen) atoms. The smallest absolute Gasteiger partial charge is 0.410 e. The molecule has 1 aromatic carbocycles. The van der Waals surface area contributed by atoms with Crippen LogP contribution in [0.25, 0.3) is 0 Å². The van der Waals surface area contributed by atoms with E-state index in [1.165, 1.54) is 12.2 Å². The van der Waals surface area contributed by atoms with Crippen molar-refractivity contribution in [1.29, 1.82) is 0 Å². The molecular weight excluding hydrogens is 456 g/mol. The Morgan fingerprint density at radius 3 is 2.53 bits per heavy atom. The van der Waals surface area contributed by atoms with E-state index in [0.717, 1.165) is 18.4 Å². The topological polar surface area (TPSA) is 85.4 Å². The zero-order valence-electron chi connectivity index (χ0n) is 21.0. The van der Waals surface area contributed by atoms with Crippen LogP contribution in [0.5, 0.6) is 0 Å². The first kappa shape index (κ1) is 28.0. The van der Waals surface area contributed by atoms with Crippen LogP contribution >= 0.6 is 11.8 Å². The van der Waals surface area contributed by atoms with Gasteiger partial charge in [0.15, 0.2) is 6.04 Å². The standard InChI is InChI=1S/C25H38N2O6S/c1-25(2,3)33-24(30)26-16-9-12-20(26)18-32-27(21(15-17-34-5)23(29)31-4)22(28)14-13-19-10-7-6-8-11-19/h6-8,10-11,20-21H,9,12-18H2,1-5H3/t20?,21-/m0/s1. The highest BCUT2D eigenvalue weighted by molar-refractivity contribution is 7.98. The first-order valence-corrected chi connectivity index (χ1v) is 13.1. The Kier molecular flexibility index (Phi) is 11.2. The summed E-state index contributed by atoms with van der Waals surface area (Å²) in [5, 5.41) is 1.18. The average molecular weight is 495 g/mol. The van der Waals surface area contributed by atoms with Gasteiger partial charge in [-0.2, -0.15) is 11.8 Å². The molecule has 2 amide bonds. The summed E-state index contributed by atoms with van der Waals surface area (Å²) >= 11 is 1.58. The predicted molar refractivity (Wildman–Crippen MR) is 132 cm³/mol. The van der Waals surface area contributed by atoms with Crippen LogP contribution in [-0.4, -0.2) is 77.9 Å². The number of hydrogen-bond donors (Lipinski definition) is 0. The lowest BCUT2D eigenvalue weighted by molar-refractivity contribution is -0.212. The van der Waals surface area contributed by atoms with E-state index in [0.29, 0.717) is 25.1 Å². The number of likely N-dealkylation sites (tertiary alicyclic amines) is 1. The lowest BCUT2D eigenvalue weighted by atomic mass is 10.1. The van der Waals surface area contributed by atoms with Crippen LogP contribution in [0.15, 0.2) is 30.3 Å². The molecular formula is C25H38N2O6S. The molecule has 0 aromatic heterocycles. The van der Waals surface area contributed by atoms with Crippen molar-refractivity contribution in [1.82, 2.24) is 9.96 Å². The quantitative estimate of drug-likeness (QED) is 0.339. The lowest BCUT2D eigenvalue weighted by Gasteiger charge is -2.32. The first-order chi connectivity index (χ1) is 16.2. The fourth-order valence-corrected chi connectivity index (χ4v) is 4.23. The summed E-state index contributed by atoms with van der Waals surface area (Å²) in [6.45, 7) is 6.14. The Morgan fingerprint density at radius 2 is 1.91 bits per heavy atom. The number of benzene rings is 1. The molecule has 0 radical (unpaired) electrons. The minimum atomic E-state index is -0.850. The van der Waals surface area contributed by atoms with E-state index in [1.807, 2.05) is 57.4 Å². The van der Waals surface area contributed by atoms with Crippen molar-refractivity contribution < 1.29 is 28.7 Å². The summed E-state index contributed by atoms with van der Waals surface area (Å²) in [5.74, 6) is -0.140. The van der Waals surface area contributed by atoms with Crippen LogP contribution in [0.2, 0.25) is 0 Å². The number of nitrogens with zero attached hydrogens (tertiary/aromatic N) is 2. The van der Waals surface area contributed by atoms with Crippen molar-refractivity contribution in [2.75, 3.05) is 32.3 Å². The van der Waals surface area contributed by atoms with Gasteiger partial charge in [-0.05, 0) is 64.0 Å². The van der Waals surface area contributed by atoms with E-state index in [9.17, 15) is 14.4 Å². The van der Waals surface area contributed by atoms with Crippen LogP contribution in [0.4, 0.5) is 4.79 Å². The molecule has 8 nitrogen and oxygen atoms in total. The summed E-state index contributed by atoms with van der Waals surface area (Å²) in [6, 6.07) is 8.61. The Labute approximate surface area is 207 Å². The maximum absolute atomic E-state index is 13.2. The summed E-state index contributed by atoms with van der Waals surface area (Å²) in [6.07, 6.45) is 4.23. The van der Waals surface area contributed by atoms with Crippen molar-refractivity contribution >= 4 is 29.7 Å². The molecule has 0 bridgehead atoms. The van der Waals surface area contributed by atoms with Gasteiger partial charge in [0.05, 0.1) is 19.8 Å². The molecule has 1 aliphatic rings. The molecule has 9 heteroatoms. The second kappa shape index (κ2) is 13.6. The molecule has 1 unspecified atom stereocenters. The zero-order valence-corrected chi connectivity index (χ0v) is 21.8. The molecule has 1 aromatic rings.